The van der Waals surface area contributed by atoms with Gasteiger partial charge in [-0.2, -0.15) is 5.10 Å². The highest BCUT2D eigenvalue weighted by Gasteiger charge is 2.25. The molecule has 124 valence electrons. The van der Waals surface area contributed by atoms with Crippen LogP contribution >= 0.6 is 0 Å². The van der Waals surface area contributed by atoms with Crippen LogP contribution in [0.15, 0.2) is 53.5 Å². The molecule has 0 spiro atoms. The highest BCUT2D eigenvalue weighted by atomic mass is 16.3. The molecule has 0 bridgehead atoms. The molecule has 0 radical (unpaired) electrons. The van der Waals surface area contributed by atoms with Crippen LogP contribution in [0.1, 0.15) is 35.6 Å². The molecule has 0 unspecified atom stereocenters. The highest BCUT2D eigenvalue weighted by Crippen LogP contribution is 2.33. The minimum Gasteiger partial charge on any atom is -0.472 e. The highest BCUT2D eigenvalue weighted by molar-refractivity contribution is 5.66. The van der Waals surface area contributed by atoms with Crippen LogP contribution in [0.2, 0.25) is 0 Å². The Morgan fingerprint density at radius 3 is 3.12 bits per heavy atom. The average Bonchev–Trinajstić information content (AvgIpc) is 3.26. The first-order chi connectivity index (χ1) is 11.8. The number of aromatic nitrogens is 2. The van der Waals surface area contributed by atoms with Gasteiger partial charge in [0, 0.05) is 35.8 Å². The molecular weight excluding hydrogens is 298 g/mol. The summed E-state index contributed by atoms with van der Waals surface area (Å²) in [6.07, 6.45) is 8.00. The van der Waals surface area contributed by atoms with E-state index in [0.29, 0.717) is 5.92 Å². The Morgan fingerprint density at radius 2 is 2.29 bits per heavy atom. The molecule has 24 heavy (non-hydrogen) atoms. The van der Waals surface area contributed by atoms with E-state index in [-0.39, 0.29) is 0 Å². The largest absolute Gasteiger partial charge is 0.472 e. The van der Waals surface area contributed by atoms with E-state index in [2.05, 4.69) is 52.4 Å². The molecule has 0 saturated carbocycles. The predicted molar refractivity (Wildman–Crippen MR) is 94.7 cm³/mol. The van der Waals surface area contributed by atoms with Crippen molar-refractivity contribution in [1.82, 2.24) is 15.1 Å². The predicted octanol–water partition coefficient (Wildman–Crippen LogP) is 4.36. The summed E-state index contributed by atoms with van der Waals surface area (Å²) in [6, 6.07) is 10.7. The first-order valence-electron chi connectivity index (χ1n) is 8.63. The molecule has 4 nitrogen and oxygen atoms in total. The van der Waals surface area contributed by atoms with Crippen molar-refractivity contribution in [3.63, 3.8) is 0 Å². The van der Waals surface area contributed by atoms with Crippen molar-refractivity contribution in [3.8, 4) is 11.1 Å². The van der Waals surface area contributed by atoms with E-state index < -0.39 is 0 Å². The molecule has 1 saturated heterocycles. The molecule has 1 aliphatic heterocycles. The third-order valence-electron chi connectivity index (χ3n) is 4.90. The molecule has 0 amide bonds. The van der Waals surface area contributed by atoms with E-state index >= 15 is 0 Å². The van der Waals surface area contributed by atoms with Crippen LogP contribution in [-0.4, -0.2) is 28.2 Å². The fraction of sp³-hybridized carbons (Fsp3) is 0.350. The van der Waals surface area contributed by atoms with Gasteiger partial charge < -0.3 is 4.42 Å². The lowest BCUT2D eigenvalue weighted by atomic mass is 9.90. The molecule has 4 rings (SSSR count). The smallest absolute Gasteiger partial charge is 0.0947 e. The van der Waals surface area contributed by atoms with Gasteiger partial charge in [-0.3, -0.25) is 10.00 Å². The van der Waals surface area contributed by atoms with Gasteiger partial charge in [-0.25, -0.2) is 0 Å². The molecule has 1 N–H and O–H groups in total. The van der Waals surface area contributed by atoms with Crippen molar-refractivity contribution in [2.45, 2.75) is 32.2 Å². The maximum absolute atomic E-state index is 5.20. The lowest BCUT2D eigenvalue weighted by Gasteiger charge is -2.32. The summed E-state index contributed by atoms with van der Waals surface area (Å²) in [6.45, 7) is 5.30. The maximum Gasteiger partial charge on any atom is 0.0947 e. The number of hydrogen-bond donors (Lipinski definition) is 1. The molecule has 1 fully saturated rings. The molecule has 2 aromatic heterocycles. The fourth-order valence-electron chi connectivity index (χ4n) is 3.73. The molecule has 3 heterocycles. The summed E-state index contributed by atoms with van der Waals surface area (Å²) < 4.78 is 5.20. The average molecular weight is 321 g/mol. The van der Waals surface area contributed by atoms with Crippen LogP contribution in [0, 0.1) is 6.92 Å². The van der Waals surface area contributed by atoms with Crippen molar-refractivity contribution in [1.29, 1.82) is 0 Å². The van der Waals surface area contributed by atoms with Crippen LogP contribution in [0.25, 0.3) is 11.1 Å². The number of H-pyrrole nitrogens is 1. The minimum absolute atomic E-state index is 0.503. The number of hydrogen-bond acceptors (Lipinski definition) is 3. The van der Waals surface area contributed by atoms with Gasteiger partial charge in [-0.1, -0.05) is 29.8 Å². The molecule has 0 aliphatic carbocycles. The Hall–Kier alpha value is -2.33. The Bertz CT molecular complexity index is 791. The van der Waals surface area contributed by atoms with Crippen molar-refractivity contribution in [2.24, 2.45) is 0 Å². The second-order valence-corrected chi connectivity index (χ2v) is 6.77. The zero-order valence-electron chi connectivity index (χ0n) is 14.0. The number of rotatable bonds is 4. The number of nitrogens with zero attached hydrogens (tertiary/aromatic N) is 2. The summed E-state index contributed by atoms with van der Waals surface area (Å²) in [5.74, 6) is 0.503. The lowest BCUT2D eigenvalue weighted by Crippen LogP contribution is -2.34. The van der Waals surface area contributed by atoms with Gasteiger partial charge in [0.25, 0.3) is 0 Å². The Kier molecular flexibility index (Phi) is 4.22. The van der Waals surface area contributed by atoms with Gasteiger partial charge in [0.15, 0.2) is 0 Å². The standard InChI is InChI=1S/C20H23N3O/c1-15-4-2-5-17(10-15)19-11-21-22-20(19)18-6-3-8-23(13-18)12-16-7-9-24-14-16/h2,4-5,7,9-11,14,18H,3,6,8,12-13H2,1H3,(H,21,22)/t18-/m1/s1. The monoisotopic (exact) mass is 321 g/mol. The van der Waals surface area contributed by atoms with E-state index in [4.69, 9.17) is 4.42 Å². The van der Waals surface area contributed by atoms with E-state index in [1.165, 1.54) is 40.8 Å². The van der Waals surface area contributed by atoms with Crippen LogP contribution in [-0.2, 0) is 6.54 Å². The second kappa shape index (κ2) is 6.65. The SMILES string of the molecule is Cc1cccc(-c2cn[nH]c2[C@@H]2CCCN(Cc3ccoc3)C2)c1. The first-order valence-corrected chi connectivity index (χ1v) is 8.63. The summed E-state index contributed by atoms with van der Waals surface area (Å²) in [4.78, 5) is 2.51. The summed E-state index contributed by atoms with van der Waals surface area (Å²) >= 11 is 0. The van der Waals surface area contributed by atoms with Crippen molar-refractivity contribution < 1.29 is 4.42 Å². The molecule has 1 atom stereocenters. The van der Waals surface area contributed by atoms with E-state index in [9.17, 15) is 0 Å². The zero-order chi connectivity index (χ0) is 16.4. The maximum atomic E-state index is 5.20. The van der Waals surface area contributed by atoms with Gasteiger partial charge in [-0.15, -0.1) is 0 Å². The van der Waals surface area contributed by atoms with Gasteiger partial charge in [0.05, 0.1) is 18.7 Å². The van der Waals surface area contributed by atoms with Crippen LogP contribution in [0.4, 0.5) is 0 Å². The molecule has 3 aromatic rings. The summed E-state index contributed by atoms with van der Waals surface area (Å²) in [7, 11) is 0. The van der Waals surface area contributed by atoms with Gasteiger partial charge >= 0.3 is 0 Å². The Balaban J connectivity index is 1.54. The number of aryl methyl sites for hydroxylation is 1. The van der Waals surface area contributed by atoms with Crippen LogP contribution < -0.4 is 0 Å². The van der Waals surface area contributed by atoms with Crippen molar-refractivity contribution >= 4 is 0 Å². The van der Waals surface area contributed by atoms with Crippen molar-refractivity contribution in [2.75, 3.05) is 13.1 Å². The van der Waals surface area contributed by atoms with Crippen molar-refractivity contribution in [3.05, 3.63) is 65.9 Å². The zero-order valence-corrected chi connectivity index (χ0v) is 14.0. The third kappa shape index (κ3) is 3.15. The second-order valence-electron chi connectivity index (χ2n) is 6.77. The number of furan rings is 1. The number of piperidine rings is 1. The normalized spacial score (nSPS) is 18.8. The lowest BCUT2D eigenvalue weighted by molar-refractivity contribution is 0.198. The van der Waals surface area contributed by atoms with E-state index in [1.54, 1.807) is 6.26 Å². The molecule has 1 aliphatic rings. The minimum atomic E-state index is 0.503. The van der Waals surface area contributed by atoms with Crippen LogP contribution in [0.3, 0.4) is 0 Å². The van der Waals surface area contributed by atoms with E-state index in [0.717, 1.165) is 19.6 Å². The Morgan fingerprint density at radius 1 is 1.33 bits per heavy atom. The number of likely N-dealkylation sites (tertiary alicyclic amines) is 1. The Labute approximate surface area is 142 Å². The first kappa shape index (κ1) is 15.2. The number of benzene rings is 1. The molecule has 4 heteroatoms. The summed E-state index contributed by atoms with van der Waals surface area (Å²) in [5, 5.41) is 7.62. The summed E-state index contributed by atoms with van der Waals surface area (Å²) in [5.41, 5.74) is 6.31. The molecule has 1 aromatic carbocycles. The fourth-order valence-corrected chi connectivity index (χ4v) is 3.73. The third-order valence-corrected chi connectivity index (χ3v) is 4.90. The van der Waals surface area contributed by atoms with Gasteiger partial charge in [0.1, 0.15) is 0 Å². The number of nitrogens with one attached hydrogen (secondary N) is 1. The quantitative estimate of drug-likeness (QED) is 0.776. The topological polar surface area (TPSA) is 45.1 Å². The van der Waals surface area contributed by atoms with Crippen LogP contribution in [0.5, 0.6) is 0 Å². The van der Waals surface area contributed by atoms with Gasteiger partial charge in [0.2, 0.25) is 0 Å². The molecular formula is C20H23N3O. The number of aromatic amines is 1. The van der Waals surface area contributed by atoms with Gasteiger partial charge in [-0.05, 0) is 37.9 Å². The van der Waals surface area contributed by atoms with E-state index in [1.807, 2.05) is 12.5 Å².